The highest BCUT2D eigenvalue weighted by molar-refractivity contribution is 5.55. The number of anilines is 1. The molecule has 0 unspecified atom stereocenters. The molecule has 1 aromatic rings. The Morgan fingerprint density at radius 3 is 2.52 bits per heavy atom. The maximum Gasteiger partial charge on any atom is 0.269 e. The molecule has 0 aliphatic heterocycles. The Hall–Kier alpha value is -1.58. The van der Waals surface area contributed by atoms with E-state index in [4.69, 9.17) is 0 Å². The summed E-state index contributed by atoms with van der Waals surface area (Å²) in [6.07, 6.45) is 6.50. The number of hydrogen-bond acceptors (Lipinski definition) is 3. The van der Waals surface area contributed by atoms with Crippen molar-refractivity contribution in [2.75, 3.05) is 11.9 Å². The van der Waals surface area contributed by atoms with Crippen LogP contribution >= 0.6 is 0 Å². The summed E-state index contributed by atoms with van der Waals surface area (Å²) in [7, 11) is 0. The van der Waals surface area contributed by atoms with Gasteiger partial charge in [-0.1, -0.05) is 26.7 Å². The smallest absolute Gasteiger partial charge is 0.269 e. The number of nitro groups is 1. The van der Waals surface area contributed by atoms with Crippen molar-refractivity contribution in [3.8, 4) is 0 Å². The number of benzene rings is 1. The van der Waals surface area contributed by atoms with Gasteiger partial charge in [0.05, 0.1) is 4.92 Å². The first-order valence-corrected chi connectivity index (χ1v) is 7.91. The molecule has 1 saturated carbocycles. The van der Waals surface area contributed by atoms with Crippen LogP contribution in [-0.2, 0) is 0 Å². The van der Waals surface area contributed by atoms with Crippen LogP contribution in [0.4, 0.5) is 11.4 Å². The summed E-state index contributed by atoms with van der Waals surface area (Å²) in [4.78, 5) is 10.4. The van der Waals surface area contributed by atoms with E-state index in [0.29, 0.717) is 11.3 Å². The molecular formula is C17H26N2O2. The van der Waals surface area contributed by atoms with Gasteiger partial charge in [-0.2, -0.15) is 0 Å². The lowest BCUT2D eigenvalue weighted by molar-refractivity contribution is -0.384. The van der Waals surface area contributed by atoms with Gasteiger partial charge in [0.1, 0.15) is 0 Å². The van der Waals surface area contributed by atoms with E-state index in [1.165, 1.54) is 32.1 Å². The lowest BCUT2D eigenvalue weighted by Gasteiger charge is -2.32. The molecule has 0 radical (unpaired) electrons. The van der Waals surface area contributed by atoms with Crippen LogP contribution in [0.15, 0.2) is 18.2 Å². The van der Waals surface area contributed by atoms with Crippen molar-refractivity contribution in [1.29, 1.82) is 0 Å². The molecule has 0 bridgehead atoms. The van der Waals surface area contributed by atoms with Crippen molar-refractivity contribution in [3.05, 3.63) is 33.9 Å². The molecule has 21 heavy (non-hydrogen) atoms. The minimum absolute atomic E-state index is 0.163. The van der Waals surface area contributed by atoms with Crippen molar-refractivity contribution < 1.29 is 4.92 Å². The Labute approximate surface area is 127 Å². The molecule has 0 spiro atoms. The molecule has 0 saturated heterocycles. The topological polar surface area (TPSA) is 55.2 Å². The monoisotopic (exact) mass is 290 g/mol. The van der Waals surface area contributed by atoms with Gasteiger partial charge in [-0.25, -0.2) is 0 Å². The van der Waals surface area contributed by atoms with Crippen LogP contribution in [0.5, 0.6) is 0 Å². The Balaban J connectivity index is 2.06. The van der Waals surface area contributed by atoms with Gasteiger partial charge >= 0.3 is 0 Å². The standard InChI is InChI=1S/C17H26N2O2/c1-13(2)11-17(8-4-5-9-17)12-18-16-7-6-15(19(20)21)10-14(16)3/h6-7,10,13,18H,4-5,8-9,11-12H2,1-3H3. The summed E-state index contributed by atoms with van der Waals surface area (Å²) < 4.78 is 0. The van der Waals surface area contributed by atoms with Crippen LogP contribution in [0, 0.1) is 28.4 Å². The van der Waals surface area contributed by atoms with E-state index in [9.17, 15) is 10.1 Å². The minimum atomic E-state index is -0.339. The molecule has 1 aliphatic rings. The number of non-ortho nitro benzene ring substituents is 1. The van der Waals surface area contributed by atoms with Crippen LogP contribution in [-0.4, -0.2) is 11.5 Å². The molecule has 4 nitrogen and oxygen atoms in total. The fourth-order valence-electron chi connectivity index (χ4n) is 3.69. The number of aryl methyl sites for hydroxylation is 1. The van der Waals surface area contributed by atoms with E-state index in [1.54, 1.807) is 12.1 Å². The van der Waals surface area contributed by atoms with Crippen molar-refractivity contribution in [2.45, 2.75) is 52.9 Å². The van der Waals surface area contributed by atoms with E-state index in [-0.39, 0.29) is 10.6 Å². The van der Waals surface area contributed by atoms with Gasteiger partial charge in [-0.15, -0.1) is 0 Å². The first kappa shape index (κ1) is 15.8. The molecule has 116 valence electrons. The molecular weight excluding hydrogens is 264 g/mol. The summed E-state index contributed by atoms with van der Waals surface area (Å²) in [5.74, 6) is 0.711. The highest BCUT2D eigenvalue weighted by Crippen LogP contribution is 2.43. The second-order valence-corrected chi connectivity index (χ2v) is 6.91. The fraction of sp³-hybridized carbons (Fsp3) is 0.647. The molecule has 0 amide bonds. The summed E-state index contributed by atoms with van der Waals surface area (Å²) in [5.41, 5.74) is 2.54. The molecule has 0 heterocycles. The fourth-order valence-corrected chi connectivity index (χ4v) is 3.69. The van der Waals surface area contributed by atoms with Crippen molar-refractivity contribution in [3.63, 3.8) is 0 Å². The maximum absolute atomic E-state index is 10.8. The second kappa shape index (κ2) is 6.46. The number of nitrogens with one attached hydrogen (secondary N) is 1. The molecule has 0 aromatic heterocycles. The van der Waals surface area contributed by atoms with Gasteiger partial charge in [0.25, 0.3) is 5.69 Å². The molecule has 1 aromatic carbocycles. The first-order chi connectivity index (χ1) is 9.92. The normalized spacial score (nSPS) is 17.1. The number of nitro benzene ring substituents is 1. The van der Waals surface area contributed by atoms with E-state index >= 15 is 0 Å². The van der Waals surface area contributed by atoms with Crippen molar-refractivity contribution in [1.82, 2.24) is 0 Å². The molecule has 0 atom stereocenters. The predicted octanol–water partition coefficient (Wildman–Crippen LogP) is 4.92. The summed E-state index contributed by atoms with van der Waals surface area (Å²) in [5, 5.41) is 14.3. The molecule has 4 heteroatoms. The zero-order valence-corrected chi connectivity index (χ0v) is 13.3. The van der Waals surface area contributed by atoms with Crippen molar-refractivity contribution >= 4 is 11.4 Å². The molecule has 1 aliphatic carbocycles. The number of hydrogen-bond donors (Lipinski definition) is 1. The van der Waals surface area contributed by atoms with E-state index < -0.39 is 0 Å². The van der Waals surface area contributed by atoms with Gasteiger partial charge in [-0.05, 0) is 49.1 Å². The third-order valence-corrected chi connectivity index (χ3v) is 4.58. The van der Waals surface area contributed by atoms with Gasteiger partial charge in [-0.3, -0.25) is 10.1 Å². The van der Waals surface area contributed by atoms with Crippen LogP contribution in [0.3, 0.4) is 0 Å². The number of rotatable bonds is 6. The van der Waals surface area contributed by atoms with Crippen LogP contribution < -0.4 is 5.32 Å². The van der Waals surface area contributed by atoms with E-state index in [0.717, 1.165) is 17.8 Å². The summed E-state index contributed by atoms with van der Waals surface area (Å²) in [6.45, 7) is 7.48. The molecule has 2 rings (SSSR count). The zero-order valence-electron chi connectivity index (χ0n) is 13.3. The Bertz CT molecular complexity index is 506. The van der Waals surface area contributed by atoms with Crippen molar-refractivity contribution in [2.24, 2.45) is 11.3 Å². The lowest BCUT2D eigenvalue weighted by Crippen LogP contribution is -2.28. The Kier molecular flexibility index (Phi) is 4.86. The largest absolute Gasteiger partial charge is 0.384 e. The zero-order chi connectivity index (χ0) is 15.5. The molecule has 1 N–H and O–H groups in total. The number of nitrogens with zero attached hydrogens (tertiary/aromatic N) is 1. The average Bonchev–Trinajstić information content (AvgIpc) is 2.85. The quantitative estimate of drug-likeness (QED) is 0.597. The van der Waals surface area contributed by atoms with Crippen LogP contribution in [0.2, 0.25) is 0 Å². The summed E-state index contributed by atoms with van der Waals surface area (Å²) >= 11 is 0. The van der Waals surface area contributed by atoms with Crippen LogP contribution in [0.25, 0.3) is 0 Å². The second-order valence-electron chi connectivity index (χ2n) is 6.91. The average molecular weight is 290 g/mol. The van der Waals surface area contributed by atoms with Gasteiger partial charge in [0, 0.05) is 24.4 Å². The highest BCUT2D eigenvalue weighted by Gasteiger charge is 2.34. The van der Waals surface area contributed by atoms with E-state index in [2.05, 4.69) is 19.2 Å². The third-order valence-electron chi connectivity index (χ3n) is 4.58. The molecule has 1 fully saturated rings. The Morgan fingerprint density at radius 2 is 2.00 bits per heavy atom. The highest BCUT2D eigenvalue weighted by atomic mass is 16.6. The SMILES string of the molecule is Cc1cc([N+](=O)[O-])ccc1NCC1(CC(C)C)CCCC1. The maximum atomic E-state index is 10.8. The van der Waals surface area contributed by atoms with Gasteiger partial charge in [0.15, 0.2) is 0 Å². The summed E-state index contributed by atoms with van der Waals surface area (Å²) in [6, 6.07) is 5.07. The minimum Gasteiger partial charge on any atom is -0.384 e. The first-order valence-electron chi connectivity index (χ1n) is 7.91. The van der Waals surface area contributed by atoms with Gasteiger partial charge < -0.3 is 5.32 Å². The third kappa shape index (κ3) is 3.96. The predicted molar refractivity (Wildman–Crippen MR) is 86.7 cm³/mol. The van der Waals surface area contributed by atoms with Crippen LogP contribution in [0.1, 0.15) is 51.5 Å². The van der Waals surface area contributed by atoms with Gasteiger partial charge in [0.2, 0.25) is 0 Å². The Morgan fingerprint density at radius 1 is 1.33 bits per heavy atom. The lowest BCUT2D eigenvalue weighted by atomic mass is 9.78. The van der Waals surface area contributed by atoms with E-state index in [1.807, 2.05) is 13.0 Å².